The minimum absolute atomic E-state index is 0.0335. The van der Waals surface area contributed by atoms with E-state index < -0.39 is 36.7 Å². The van der Waals surface area contributed by atoms with Gasteiger partial charge in [-0.1, -0.05) is 29.3 Å². The van der Waals surface area contributed by atoms with Crippen LogP contribution < -0.4 is 16.4 Å². The van der Waals surface area contributed by atoms with Crippen molar-refractivity contribution in [3.05, 3.63) is 62.1 Å². The number of guanidine groups is 1. The number of nitrogen functional groups attached to an aromatic ring is 1. The van der Waals surface area contributed by atoms with Gasteiger partial charge in [0.2, 0.25) is 5.96 Å². The number of β-amino-alcohol motifs (C(OH)–C–C–N with tert-alkyl or cyclic N) is 2. The zero-order chi connectivity index (χ0) is 31.4. The average Bonchev–Trinajstić information content (AvgIpc) is 3.30. The van der Waals surface area contributed by atoms with Crippen LogP contribution >= 0.6 is 23.2 Å². The number of aliphatic hydroxyl groups excluding tert-OH is 2. The van der Waals surface area contributed by atoms with E-state index in [0.717, 1.165) is 6.21 Å². The van der Waals surface area contributed by atoms with Gasteiger partial charge in [0, 0.05) is 49.2 Å². The summed E-state index contributed by atoms with van der Waals surface area (Å²) in [6.07, 6.45) is 0.925. The molecule has 2 aromatic rings. The number of aliphatic hydroxyl groups is 2. The Morgan fingerprint density at radius 2 is 1.91 bits per heavy atom. The molecule has 14 nitrogen and oxygen atoms in total. The minimum atomic E-state index is -1.54. The lowest BCUT2D eigenvalue weighted by Gasteiger charge is -2.30. The Kier molecular flexibility index (Phi) is 9.72. The number of amides is 2. The Morgan fingerprint density at radius 3 is 2.51 bits per heavy atom. The first-order valence-electron chi connectivity index (χ1n) is 13.0. The maximum Gasteiger partial charge on any atom is 0.328 e. The molecule has 0 aromatic heterocycles. The maximum absolute atomic E-state index is 13.2. The normalized spacial score (nSPS) is 18.8. The van der Waals surface area contributed by atoms with Gasteiger partial charge in [-0.25, -0.2) is 9.79 Å². The number of nitrogens with one attached hydrogen (secondary N) is 3. The molecule has 0 saturated carbocycles. The van der Waals surface area contributed by atoms with E-state index in [1.807, 2.05) is 0 Å². The van der Waals surface area contributed by atoms with Gasteiger partial charge in [0.25, 0.3) is 11.8 Å². The van der Waals surface area contributed by atoms with Crippen LogP contribution in [0.1, 0.15) is 37.4 Å². The molecule has 3 atom stereocenters. The summed E-state index contributed by atoms with van der Waals surface area (Å²) in [7, 11) is 0. The molecule has 2 aliphatic heterocycles. The molecular formula is C27H28Cl2N8O6. The van der Waals surface area contributed by atoms with Gasteiger partial charge >= 0.3 is 5.97 Å². The van der Waals surface area contributed by atoms with Gasteiger partial charge in [0.05, 0.1) is 34.4 Å². The van der Waals surface area contributed by atoms with Crippen LogP contribution in [0.2, 0.25) is 10.0 Å². The predicted molar refractivity (Wildman–Crippen MR) is 157 cm³/mol. The Morgan fingerprint density at radius 1 is 1.21 bits per heavy atom. The summed E-state index contributed by atoms with van der Waals surface area (Å²) in [5.74, 6) is -2.63. The van der Waals surface area contributed by atoms with Gasteiger partial charge in [-0.2, -0.15) is 5.26 Å². The first kappa shape index (κ1) is 31.5. The van der Waals surface area contributed by atoms with E-state index in [0.29, 0.717) is 34.4 Å². The van der Waals surface area contributed by atoms with Gasteiger partial charge in [0.15, 0.2) is 6.19 Å². The fourth-order valence-corrected chi connectivity index (χ4v) is 5.62. The molecular weight excluding hydrogens is 603 g/mol. The van der Waals surface area contributed by atoms with Crippen LogP contribution in [0.4, 0.5) is 5.69 Å². The van der Waals surface area contributed by atoms with Gasteiger partial charge < -0.3 is 41.6 Å². The van der Waals surface area contributed by atoms with Crippen molar-refractivity contribution < 1.29 is 29.7 Å². The number of halogens is 2. The lowest BCUT2D eigenvalue weighted by molar-refractivity contribution is -0.138. The quantitative estimate of drug-likeness (QED) is 0.0732. The predicted octanol–water partition coefficient (Wildman–Crippen LogP) is 0.419. The second-order valence-corrected chi connectivity index (χ2v) is 10.7. The largest absolute Gasteiger partial charge is 0.480 e. The van der Waals surface area contributed by atoms with Crippen LogP contribution in [0.15, 0.2) is 29.3 Å². The van der Waals surface area contributed by atoms with Crippen LogP contribution in [-0.2, 0) is 17.8 Å². The van der Waals surface area contributed by atoms with Crippen LogP contribution in [0.25, 0.3) is 0 Å². The summed E-state index contributed by atoms with van der Waals surface area (Å²) in [4.78, 5) is 45.3. The van der Waals surface area contributed by atoms with Crippen molar-refractivity contribution in [1.82, 2.24) is 20.4 Å². The number of fused-ring (bicyclic) bond motifs is 1. The summed E-state index contributed by atoms with van der Waals surface area (Å²) in [6, 6.07) is 4.65. The molecule has 0 spiro atoms. The third-order valence-corrected chi connectivity index (χ3v) is 7.88. The summed E-state index contributed by atoms with van der Waals surface area (Å²) >= 11 is 13.1. The van der Waals surface area contributed by atoms with Crippen molar-refractivity contribution in [2.45, 2.75) is 31.2 Å². The molecule has 8 N–H and O–H groups in total. The number of hydrogen-bond acceptors (Lipinski definition) is 9. The van der Waals surface area contributed by atoms with Gasteiger partial charge in [-0.3, -0.25) is 14.9 Å². The number of carboxylic acids is 1. The number of carbonyl (C=O) groups excluding carboxylic acids is 2. The van der Waals surface area contributed by atoms with Crippen molar-refractivity contribution in [2.75, 3.05) is 31.9 Å². The van der Waals surface area contributed by atoms with E-state index in [2.05, 4.69) is 15.6 Å². The highest BCUT2D eigenvalue weighted by atomic mass is 35.5. The first-order chi connectivity index (χ1) is 20.4. The van der Waals surface area contributed by atoms with Gasteiger partial charge in [0.1, 0.15) is 6.04 Å². The summed E-state index contributed by atoms with van der Waals surface area (Å²) in [5.41, 5.74) is 8.16. The van der Waals surface area contributed by atoms with E-state index in [9.17, 15) is 29.7 Å². The Hall–Kier alpha value is -4.42. The molecule has 3 unspecified atom stereocenters. The molecule has 226 valence electrons. The van der Waals surface area contributed by atoms with E-state index >= 15 is 0 Å². The molecule has 2 aliphatic rings. The van der Waals surface area contributed by atoms with E-state index in [1.54, 1.807) is 23.2 Å². The molecule has 16 heteroatoms. The molecule has 0 bridgehead atoms. The van der Waals surface area contributed by atoms with E-state index in [4.69, 9.17) is 39.6 Å². The van der Waals surface area contributed by atoms with Crippen LogP contribution in [0.3, 0.4) is 0 Å². The number of anilines is 1. The van der Waals surface area contributed by atoms with Crippen LogP contribution in [0, 0.1) is 16.9 Å². The summed E-state index contributed by atoms with van der Waals surface area (Å²) in [5, 5.41) is 50.4. The number of likely N-dealkylation sites (tertiary alicyclic amines) is 1. The maximum atomic E-state index is 13.2. The second-order valence-electron chi connectivity index (χ2n) is 9.95. The lowest BCUT2D eigenvalue weighted by Crippen LogP contribution is -2.45. The second kappa shape index (κ2) is 13.3. The summed E-state index contributed by atoms with van der Waals surface area (Å²) in [6.45, 7) is -0.124. The fourth-order valence-electron chi connectivity index (χ4n) is 4.86. The van der Waals surface area contributed by atoms with Crippen LogP contribution in [0.5, 0.6) is 0 Å². The first-order valence-corrected chi connectivity index (χ1v) is 13.7. The highest BCUT2D eigenvalue weighted by Crippen LogP contribution is 2.35. The number of nitriles is 1. The van der Waals surface area contributed by atoms with Gasteiger partial charge in [-0.05, 0) is 35.7 Å². The number of aliphatic imine (C=N–C) groups is 1. The molecule has 0 radical (unpaired) electrons. The third-order valence-electron chi connectivity index (χ3n) is 7.16. The third kappa shape index (κ3) is 6.81. The number of nitrogens with zero attached hydrogens (tertiary/aromatic N) is 4. The Bertz CT molecular complexity index is 1530. The van der Waals surface area contributed by atoms with E-state index in [1.165, 1.54) is 17.0 Å². The highest BCUT2D eigenvalue weighted by Gasteiger charge is 2.33. The number of rotatable bonds is 7. The smallest absolute Gasteiger partial charge is 0.328 e. The molecule has 4 rings (SSSR count). The Labute approximate surface area is 255 Å². The molecule has 1 fully saturated rings. The average molecular weight is 631 g/mol. The van der Waals surface area contributed by atoms with Crippen LogP contribution in [-0.4, -0.2) is 99.5 Å². The van der Waals surface area contributed by atoms with E-state index in [-0.39, 0.29) is 53.7 Å². The molecule has 43 heavy (non-hydrogen) atoms. The Balaban J connectivity index is 1.50. The monoisotopic (exact) mass is 630 g/mol. The summed E-state index contributed by atoms with van der Waals surface area (Å²) < 4.78 is 0. The molecule has 2 heterocycles. The molecule has 2 amide bonds. The van der Waals surface area contributed by atoms with Crippen molar-refractivity contribution in [2.24, 2.45) is 4.99 Å². The van der Waals surface area contributed by atoms with Crippen molar-refractivity contribution >= 4 is 58.8 Å². The fraction of sp³-hybridized carbons (Fsp3) is 0.333. The number of carboxylic acid groups (broad SMARTS) is 1. The number of nitrogens with two attached hydrogens (primary N) is 1. The topological polar surface area (TPSA) is 228 Å². The molecule has 1 saturated heterocycles. The van der Waals surface area contributed by atoms with Gasteiger partial charge in [-0.15, -0.1) is 0 Å². The molecule has 0 aliphatic carbocycles. The SMILES string of the molecule is N#CNC(=NCC(NC(=O)c1c(Cl)cc2c(c1Cl)CCN(C(=O)c1ccc(C=N)c(N)c1)C2)C(=O)O)N1CC(O)C(O)C1. The minimum Gasteiger partial charge on any atom is -0.480 e. The van der Waals surface area contributed by atoms with Crippen molar-refractivity contribution in [3.63, 3.8) is 0 Å². The lowest BCUT2D eigenvalue weighted by atomic mass is 9.95. The highest BCUT2D eigenvalue weighted by molar-refractivity contribution is 6.40. The molecule has 2 aromatic carbocycles. The zero-order valence-corrected chi connectivity index (χ0v) is 24.1. The standard InChI is InChI=1S/C27H28Cl2N8O6/c28-17-5-15-9-36(25(41)13-1-2-14(7-30)18(32)6-13)4-3-16(15)23(29)22(17)24(40)35-19(26(42)43)8-33-27(34-12-31)37-10-20(38)21(39)11-37/h1-2,5-7,19-21,30,38-39H,3-4,8-11,32H2,(H,33,34)(H,35,40)(H,42,43). The number of carbonyl (C=O) groups is 3. The van der Waals surface area contributed by atoms with Crippen molar-refractivity contribution in [3.8, 4) is 6.19 Å². The zero-order valence-electron chi connectivity index (χ0n) is 22.5. The number of benzene rings is 2. The number of hydrogen-bond donors (Lipinski definition) is 7. The number of aliphatic carboxylic acids is 1. The van der Waals surface area contributed by atoms with Crippen molar-refractivity contribution in [1.29, 1.82) is 10.7 Å².